The van der Waals surface area contributed by atoms with Crippen LogP contribution < -0.4 is 9.47 Å². The van der Waals surface area contributed by atoms with E-state index in [1.54, 1.807) is 43.5 Å². The van der Waals surface area contributed by atoms with Crippen LogP contribution >= 0.6 is 0 Å². The molecule has 0 bridgehead atoms. The Morgan fingerprint density at radius 2 is 1.89 bits per heavy atom. The van der Waals surface area contributed by atoms with Gasteiger partial charge in [-0.2, -0.15) is 0 Å². The fourth-order valence-electron chi connectivity index (χ4n) is 5.02. The maximum Gasteiger partial charge on any atom is 0.195 e. The Hall–Kier alpha value is -3.13. The van der Waals surface area contributed by atoms with Crippen molar-refractivity contribution in [3.05, 3.63) is 94.5 Å². The summed E-state index contributed by atoms with van der Waals surface area (Å²) >= 11 is -0.869. The van der Waals surface area contributed by atoms with E-state index in [4.69, 9.17) is 14.5 Å². The Kier molecular flexibility index (Phi) is 7.14. The van der Waals surface area contributed by atoms with Crippen molar-refractivity contribution in [1.82, 2.24) is 0 Å². The van der Waals surface area contributed by atoms with E-state index in [9.17, 15) is 14.5 Å². The first-order chi connectivity index (χ1) is 17.5. The second-order valence-electron chi connectivity index (χ2n) is 9.03. The molecule has 0 amide bonds. The lowest BCUT2D eigenvalue weighted by Gasteiger charge is -2.36. The molecule has 6 nitrogen and oxygen atoms in total. The Morgan fingerprint density at radius 1 is 1.14 bits per heavy atom. The van der Waals surface area contributed by atoms with Crippen LogP contribution in [0.25, 0.3) is 0 Å². The Labute approximate surface area is 214 Å². The van der Waals surface area contributed by atoms with Gasteiger partial charge < -0.3 is 19.1 Å². The number of rotatable bonds is 7. The number of Topliss-reactive ketones (excluding diaryl/α,β-unsaturated/α-hetero) is 1. The van der Waals surface area contributed by atoms with E-state index in [1.807, 2.05) is 37.3 Å². The number of aliphatic hydroxyl groups excluding tert-OH is 1. The highest BCUT2D eigenvalue weighted by atomic mass is 32.2. The minimum absolute atomic E-state index is 0.0398. The first kappa shape index (κ1) is 24.6. The molecular weight excluding hydrogens is 474 g/mol. The molecule has 1 fully saturated rings. The lowest BCUT2D eigenvalue weighted by atomic mass is 9.81. The van der Waals surface area contributed by atoms with Crippen LogP contribution in [0.4, 0.5) is 0 Å². The van der Waals surface area contributed by atoms with Gasteiger partial charge in [0, 0.05) is 23.1 Å². The topological polar surface area (TPSA) is 91.2 Å². The molecule has 0 aromatic heterocycles. The highest BCUT2D eigenvalue weighted by Crippen LogP contribution is 2.43. The molecule has 1 unspecified atom stereocenters. The lowest BCUT2D eigenvalue weighted by molar-refractivity contribution is 0.0747. The summed E-state index contributed by atoms with van der Waals surface area (Å²) in [5, 5.41) is 10.7. The van der Waals surface area contributed by atoms with E-state index >= 15 is 0 Å². The van der Waals surface area contributed by atoms with Crippen LogP contribution in [-0.2, 0) is 11.2 Å². The number of carbonyl (C=O) groups is 1. The van der Waals surface area contributed by atoms with Crippen LogP contribution in [0.15, 0.2) is 71.7 Å². The molecule has 1 N–H and O–H groups in total. The average molecular weight is 504 g/mol. The molecule has 2 heterocycles. The summed E-state index contributed by atoms with van der Waals surface area (Å²) in [6.45, 7) is 2.45. The first-order valence-electron chi connectivity index (χ1n) is 12.2. The maximum atomic E-state index is 12.7. The van der Waals surface area contributed by atoms with E-state index < -0.39 is 17.3 Å². The molecule has 5 rings (SSSR count). The lowest BCUT2D eigenvalue weighted by Crippen LogP contribution is -2.38. The van der Waals surface area contributed by atoms with Gasteiger partial charge in [-0.25, -0.2) is 0 Å². The van der Waals surface area contributed by atoms with E-state index in [-0.39, 0.29) is 17.7 Å². The number of ether oxygens (including phenoxy) is 2. The number of benzene rings is 3. The number of hydrogen-bond acceptors (Lipinski definition) is 6. The van der Waals surface area contributed by atoms with Crippen LogP contribution in [0.3, 0.4) is 0 Å². The van der Waals surface area contributed by atoms with Gasteiger partial charge in [-0.15, -0.1) is 0 Å². The highest BCUT2D eigenvalue weighted by molar-refractivity contribution is 7.91. The van der Waals surface area contributed by atoms with Gasteiger partial charge in [-0.1, -0.05) is 65.8 Å². The van der Waals surface area contributed by atoms with Crippen LogP contribution in [0.5, 0.6) is 11.5 Å². The minimum atomic E-state index is -1.24. The molecule has 3 aromatic carbocycles. The molecule has 186 valence electrons. The molecule has 3 aromatic rings. The normalized spacial score (nSPS) is 21.6. The molecule has 36 heavy (non-hydrogen) atoms. The number of ketones is 1. The van der Waals surface area contributed by atoms with E-state index in [2.05, 4.69) is 0 Å². The van der Waals surface area contributed by atoms with Gasteiger partial charge in [0.05, 0.1) is 31.4 Å². The Balaban J connectivity index is 1.51. The van der Waals surface area contributed by atoms with E-state index in [1.165, 1.54) is 0 Å². The van der Waals surface area contributed by atoms with Gasteiger partial charge in [0.15, 0.2) is 17.3 Å². The van der Waals surface area contributed by atoms with E-state index in [0.29, 0.717) is 40.7 Å². The van der Waals surface area contributed by atoms with Crippen LogP contribution in [0.2, 0.25) is 0 Å². The zero-order chi connectivity index (χ0) is 25.2. The molecular formula is C29H29NO5S. The molecule has 7 heteroatoms. The largest absolute Gasteiger partial charge is 0.616 e. The molecule has 0 spiro atoms. The number of aliphatic imine (C=N–C) groups is 1. The van der Waals surface area contributed by atoms with Crippen molar-refractivity contribution >= 4 is 22.7 Å². The van der Waals surface area contributed by atoms with Crippen LogP contribution in [0, 0.1) is 0 Å². The van der Waals surface area contributed by atoms with E-state index in [0.717, 1.165) is 28.8 Å². The number of aliphatic hydroxyl groups is 1. The van der Waals surface area contributed by atoms with Crippen molar-refractivity contribution in [2.24, 2.45) is 4.99 Å². The molecule has 4 atom stereocenters. The SMILES string of the molecule is CCOc1cc2c(cc1OC)C(c1ccc(C(O)C(=O)c3ccccc3)cc1)=N[C@@H]1CC[S@+]([O-])C[C@H]21. The summed E-state index contributed by atoms with van der Waals surface area (Å²) in [7, 11) is 1.61. The quantitative estimate of drug-likeness (QED) is 0.380. The Bertz CT molecular complexity index is 1270. The van der Waals surface area contributed by atoms with Crippen molar-refractivity contribution in [1.29, 1.82) is 0 Å². The number of fused-ring (bicyclic) bond motifs is 3. The summed E-state index contributed by atoms with van der Waals surface area (Å²) < 4.78 is 23.9. The highest BCUT2D eigenvalue weighted by Gasteiger charge is 2.39. The number of nitrogens with zero attached hydrogens (tertiary/aromatic N) is 1. The van der Waals surface area contributed by atoms with Crippen molar-refractivity contribution in [2.75, 3.05) is 25.2 Å². The van der Waals surface area contributed by atoms with Gasteiger partial charge >= 0.3 is 0 Å². The Morgan fingerprint density at radius 3 is 2.58 bits per heavy atom. The predicted molar refractivity (Wildman–Crippen MR) is 141 cm³/mol. The average Bonchev–Trinajstić information content (AvgIpc) is 2.92. The molecule has 1 saturated heterocycles. The van der Waals surface area contributed by atoms with Crippen LogP contribution in [-0.4, -0.2) is 52.4 Å². The minimum Gasteiger partial charge on any atom is -0.616 e. The monoisotopic (exact) mass is 503 g/mol. The van der Waals surface area contributed by atoms with Gasteiger partial charge in [-0.3, -0.25) is 9.79 Å². The van der Waals surface area contributed by atoms with Crippen molar-refractivity contribution in [3.8, 4) is 11.5 Å². The smallest absolute Gasteiger partial charge is 0.195 e. The van der Waals surface area contributed by atoms with Gasteiger partial charge in [-0.05, 0) is 30.2 Å². The molecule has 0 aliphatic carbocycles. The summed E-state index contributed by atoms with van der Waals surface area (Å²) in [5.41, 5.74) is 4.72. The summed E-state index contributed by atoms with van der Waals surface area (Å²) in [6, 6.07) is 20.1. The third kappa shape index (κ3) is 4.66. The summed E-state index contributed by atoms with van der Waals surface area (Å²) in [5.74, 6) is 2.25. The third-order valence-electron chi connectivity index (χ3n) is 6.86. The van der Waals surface area contributed by atoms with Gasteiger partial charge in [0.25, 0.3) is 0 Å². The maximum absolute atomic E-state index is 12.7. The van der Waals surface area contributed by atoms with Crippen LogP contribution in [0.1, 0.15) is 58.0 Å². The zero-order valence-electron chi connectivity index (χ0n) is 20.3. The standard InChI is InChI=1S/C29H29NO5S/c1-3-35-26-15-21-22(16-25(26)34-2)27(30-24-13-14-36(33)17-23(21)24)18-9-11-20(12-10-18)29(32)28(31)19-7-5-4-6-8-19/h4-12,15-16,23-24,29,32H,3,13-14,17H2,1-2H3/t23-,24-,29?,36+/m1/s1. The summed E-state index contributed by atoms with van der Waals surface area (Å²) in [6.07, 6.45) is -0.480. The fraction of sp³-hybridized carbons (Fsp3) is 0.310. The second-order valence-corrected chi connectivity index (χ2v) is 10.7. The van der Waals surface area contributed by atoms with Gasteiger partial charge in [0.2, 0.25) is 0 Å². The second kappa shape index (κ2) is 10.5. The molecule has 2 aliphatic rings. The van der Waals surface area contributed by atoms with Crippen molar-refractivity contribution in [3.63, 3.8) is 0 Å². The molecule has 2 aliphatic heterocycles. The number of methoxy groups -OCH3 is 1. The number of hydrogen-bond donors (Lipinski definition) is 1. The number of carbonyl (C=O) groups excluding carboxylic acids is 1. The summed E-state index contributed by atoms with van der Waals surface area (Å²) in [4.78, 5) is 17.8. The third-order valence-corrected chi connectivity index (χ3v) is 8.28. The zero-order valence-corrected chi connectivity index (χ0v) is 21.2. The predicted octanol–water partition coefficient (Wildman–Crippen LogP) is 4.47. The fourth-order valence-corrected chi connectivity index (χ4v) is 6.49. The van der Waals surface area contributed by atoms with Crippen molar-refractivity contribution in [2.45, 2.75) is 31.4 Å². The van der Waals surface area contributed by atoms with Crippen molar-refractivity contribution < 1.29 is 23.9 Å². The van der Waals surface area contributed by atoms with Gasteiger partial charge in [0.1, 0.15) is 17.6 Å². The first-order valence-corrected chi connectivity index (χ1v) is 13.6. The molecule has 0 radical (unpaired) electrons. The molecule has 0 saturated carbocycles.